The van der Waals surface area contributed by atoms with Crippen LogP contribution in [-0.4, -0.2) is 11.5 Å². The number of rotatable bonds is 4. The minimum atomic E-state index is -0.359. The van der Waals surface area contributed by atoms with Crippen molar-refractivity contribution in [3.8, 4) is 0 Å². The molecule has 0 aliphatic carbocycles. The van der Waals surface area contributed by atoms with E-state index in [1.54, 1.807) is 12.1 Å². The lowest BCUT2D eigenvalue weighted by atomic mass is 10.1. The third-order valence-corrected chi connectivity index (χ3v) is 1.91. The first-order valence-electron chi connectivity index (χ1n) is 4.59. The maximum absolute atomic E-state index is 10.6. The molecule has 1 N–H and O–H groups in total. The summed E-state index contributed by atoms with van der Waals surface area (Å²) in [5, 5.41) is 13.7. The SMILES string of the molecule is CCNCc1cc(C)cc([N+](=O)[O-])c1. The van der Waals surface area contributed by atoms with Crippen molar-refractivity contribution in [3.63, 3.8) is 0 Å². The molecular formula is C10H14N2O2. The number of nitro benzene ring substituents is 1. The number of nitrogens with zero attached hydrogens (tertiary/aromatic N) is 1. The molecule has 0 bridgehead atoms. The van der Waals surface area contributed by atoms with Gasteiger partial charge in [-0.1, -0.05) is 13.0 Å². The van der Waals surface area contributed by atoms with Gasteiger partial charge in [0.25, 0.3) is 5.69 Å². The Bertz CT molecular complexity index is 337. The van der Waals surface area contributed by atoms with Gasteiger partial charge in [-0.15, -0.1) is 0 Å². The van der Waals surface area contributed by atoms with Crippen molar-refractivity contribution in [1.29, 1.82) is 0 Å². The van der Waals surface area contributed by atoms with E-state index in [0.717, 1.165) is 17.7 Å². The molecule has 1 rings (SSSR count). The number of hydrogen-bond acceptors (Lipinski definition) is 3. The van der Waals surface area contributed by atoms with Crippen LogP contribution in [0.4, 0.5) is 5.69 Å². The van der Waals surface area contributed by atoms with E-state index in [-0.39, 0.29) is 10.6 Å². The van der Waals surface area contributed by atoms with Crippen LogP contribution in [0.15, 0.2) is 18.2 Å². The fourth-order valence-electron chi connectivity index (χ4n) is 1.32. The summed E-state index contributed by atoms with van der Waals surface area (Å²) in [6.07, 6.45) is 0. The van der Waals surface area contributed by atoms with Crippen LogP contribution in [-0.2, 0) is 6.54 Å². The Morgan fingerprint density at radius 3 is 2.71 bits per heavy atom. The molecule has 0 aliphatic heterocycles. The smallest absolute Gasteiger partial charge is 0.270 e. The van der Waals surface area contributed by atoms with Gasteiger partial charge in [0.15, 0.2) is 0 Å². The average molecular weight is 194 g/mol. The van der Waals surface area contributed by atoms with E-state index in [2.05, 4.69) is 5.32 Å². The van der Waals surface area contributed by atoms with Crippen molar-refractivity contribution in [3.05, 3.63) is 39.4 Å². The van der Waals surface area contributed by atoms with Crippen LogP contribution in [0, 0.1) is 17.0 Å². The lowest BCUT2D eigenvalue weighted by Crippen LogP contribution is -2.11. The lowest BCUT2D eigenvalue weighted by molar-refractivity contribution is -0.385. The number of aryl methyl sites for hydroxylation is 1. The standard InChI is InChI=1S/C10H14N2O2/c1-3-11-7-9-4-8(2)5-10(6-9)12(13)14/h4-6,11H,3,7H2,1-2H3. The molecule has 1 aromatic carbocycles. The molecule has 0 saturated carbocycles. The highest BCUT2D eigenvalue weighted by atomic mass is 16.6. The normalized spacial score (nSPS) is 10.1. The largest absolute Gasteiger partial charge is 0.313 e. The first-order valence-corrected chi connectivity index (χ1v) is 4.59. The molecule has 0 spiro atoms. The topological polar surface area (TPSA) is 55.2 Å². The Morgan fingerprint density at radius 2 is 2.14 bits per heavy atom. The molecular weight excluding hydrogens is 180 g/mol. The number of benzene rings is 1. The van der Waals surface area contributed by atoms with Crippen LogP contribution in [0.3, 0.4) is 0 Å². The Hall–Kier alpha value is -1.42. The summed E-state index contributed by atoms with van der Waals surface area (Å²) in [6, 6.07) is 5.14. The number of nitro groups is 1. The summed E-state index contributed by atoms with van der Waals surface area (Å²) < 4.78 is 0. The second kappa shape index (κ2) is 4.72. The van der Waals surface area contributed by atoms with Gasteiger partial charge in [0.05, 0.1) is 4.92 Å². The van der Waals surface area contributed by atoms with Crippen molar-refractivity contribution in [2.75, 3.05) is 6.54 Å². The highest BCUT2D eigenvalue weighted by Gasteiger charge is 2.07. The third-order valence-electron chi connectivity index (χ3n) is 1.91. The van der Waals surface area contributed by atoms with Gasteiger partial charge in [0.2, 0.25) is 0 Å². The van der Waals surface area contributed by atoms with Crippen LogP contribution in [0.2, 0.25) is 0 Å². The molecule has 0 aliphatic rings. The summed E-state index contributed by atoms with van der Waals surface area (Å²) in [4.78, 5) is 10.2. The zero-order valence-corrected chi connectivity index (χ0v) is 8.41. The van der Waals surface area contributed by atoms with Crippen LogP contribution in [0.25, 0.3) is 0 Å². The van der Waals surface area contributed by atoms with Crippen LogP contribution in [0.1, 0.15) is 18.1 Å². The summed E-state index contributed by atoms with van der Waals surface area (Å²) in [7, 11) is 0. The molecule has 14 heavy (non-hydrogen) atoms. The quantitative estimate of drug-likeness (QED) is 0.589. The first kappa shape index (κ1) is 10.7. The molecule has 4 heteroatoms. The van der Waals surface area contributed by atoms with Crippen molar-refractivity contribution < 1.29 is 4.92 Å². The molecule has 0 aromatic heterocycles. The molecule has 0 saturated heterocycles. The maximum Gasteiger partial charge on any atom is 0.270 e. The van der Waals surface area contributed by atoms with Gasteiger partial charge in [-0.3, -0.25) is 10.1 Å². The van der Waals surface area contributed by atoms with Crippen LogP contribution >= 0.6 is 0 Å². The van der Waals surface area contributed by atoms with Crippen molar-refractivity contribution in [1.82, 2.24) is 5.32 Å². The minimum absolute atomic E-state index is 0.165. The highest BCUT2D eigenvalue weighted by Crippen LogP contribution is 2.16. The van der Waals surface area contributed by atoms with E-state index in [4.69, 9.17) is 0 Å². The molecule has 76 valence electrons. The average Bonchev–Trinajstić information content (AvgIpc) is 2.14. The zero-order chi connectivity index (χ0) is 10.6. The molecule has 0 fully saturated rings. The summed E-state index contributed by atoms with van der Waals surface area (Å²) in [5.74, 6) is 0. The fraction of sp³-hybridized carbons (Fsp3) is 0.400. The van der Waals surface area contributed by atoms with Crippen molar-refractivity contribution in [2.24, 2.45) is 0 Å². The van der Waals surface area contributed by atoms with Crippen molar-refractivity contribution >= 4 is 5.69 Å². The number of nitrogens with one attached hydrogen (secondary N) is 1. The maximum atomic E-state index is 10.6. The number of hydrogen-bond donors (Lipinski definition) is 1. The lowest BCUT2D eigenvalue weighted by Gasteiger charge is -2.03. The van der Waals surface area contributed by atoms with Crippen LogP contribution < -0.4 is 5.32 Å². The van der Waals surface area contributed by atoms with Gasteiger partial charge < -0.3 is 5.32 Å². The van der Waals surface area contributed by atoms with Gasteiger partial charge in [-0.25, -0.2) is 0 Å². The summed E-state index contributed by atoms with van der Waals surface area (Å²) >= 11 is 0. The molecule has 0 radical (unpaired) electrons. The molecule has 0 heterocycles. The third kappa shape index (κ3) is 2.81. The molecule has 0 amide bonds. The Labute approximate surface area is 83.1 Å². The summed E-state index contributed by atoms with van der Waals surface area (Å²) in [5.41, 5.74) is 2.04. The Balaban J connectivity index is 2.89. The molecule has 4 nitrogen and oxygen atoms in total. The van der Waals surface area contributed by atoms with Gasteiger partial charge in [0, 0.05) is 18.7 Å². The van der Waals surface area contributed by atoms with Gasteiger partial charge in [0.1, 0.15) is 0 Å². The van der Waals surface area contributed by atoms with E-state index in [1.807, 2.05) is 19.9 Å². The predicted molar refractivity (Wildman–Crippen MR) is 55.2 cm³/mol. The second-order valence-electron chi connectivity index (χ2n) is 3.21. The van der Waals surface area contributed by atoms with E-state index < -0.39 is 0 Å². The summed E-state index contributed by atoms with van der Waals surface area (Å²) in [6.45, 7) is 5.41. The number of non-ortho nitro benzene ring substituents is 1. The van der Waals surface area contributed by atoms with Crippen molar-refractivity contribution in [2.45, 2.75) is 20.4 Å². The van der Waals surface area contributed by atoms with Gasteiger partial charge in [-0.05, 0) is 24.6 Å². The van der Waals surface area contributed by atoms with E-state index in [1.165, 1.54) is 0 Å². The Morgan fingerprint density at radius 1 is 1.43 bits per heavy atom. The monoisotopic (exact) mass is 194 g/mol. The van der Waals surface area contributed by atoms with E-state index >= 15 is 0 Å². The molecule has 0 unspecified atom stereocenters. The highest BCUT2D eigenvalue weighted by molar-refractivity contribution is 5.38. The second-order valence-corrected chi connectivity index (χ2v) is 3.21. The van der Waals surface area contributed by atoms with E-state index in [9.17, 15) is 10.1 Å². The van der Waals surface area contributed by atoms with Gasteiger partial charge >= 0.3 is 0 Å². The minimum Gasteiger partial charge on any atom is -0.313 e. The van der Waals surface area contributed by atoms with E-state index in [0.29, 0.717) is 6.54 Å². The first-order chi connectivity index (χ1) is 6.63. The van der Waals surface area contributed by atoms with Crippen LogP contribution in [0.5, 0.6) is 0 Å². The fourth-order valence-corrected chi connectivity index (χ4v) is 1.32. The van der Waals surface area contributed by atoms with Gasteiger partial charge in [-0.2, -0.15) is 0 Å². The molecule has 0 atom stereocenters. The Kier molecular flexibility index (Phi) is 3.59. The zero-order valence-electron chi connectivity index (χ0n) is 8.41. The predicted octanol–water partition coefficient (Wildman–Crippen LogP) is 2.01. The molecule has 1 aromatic rings.